The normalized spacial score (nSPS) is 13.3. The van der Waals surface area contributed by atoms with E-state index in [1.54, 1.807) is 7.11 Å². The van der Waals surface area contributed by atoms with Crippen LogP contribution in [-0.4, -0.2) is 19.8 Å². The van der Waals surface area contributed by atoms with E-state index in [0.29, 0.717) is 16.5 Å². The molecule has 0 aliphatic heterocycles. The van der Waals surface area contributed by atoms with Gasteiger partial charge in [-0.2, -0.15) is 0 Å². The Labute approximate surface area is 117 Å². The second kappa shape index (κ2) is 7.52. The second-order valence-corrected chi connectivity index (χ2v) is 4.71. The average molecular weight is 290 g/mol. The number of hydrogen-bond donors (Lipinski definition) is 1. The third kappa shape index (κ3) is 4.77. The van der Waals surface area contributed by atoms with Gasteiger partial charge in [-0.15, -0.1) is 0 Å². The summed E-state index contributed by atoms with van der Waals surface area (Å²) < 4.78 is 10.8. The number of halogens is 2. The first-order valence-electron chi connectivity index (χ1n) is 5.57. The topological polar surface area (TPSA) is 44.5 Å². The summed E-state index contributed by atoms with van der Waals surface area (Å²) in [6.45, 7) is 2.17. The number of ether oxygens (including phenoxy) is 2. The molecule has 5 heteroatoms. The van der Waals surface area contributed by atoms with Crippen LogP contribution in [0.3, 0.4) is 0 Å². The predicted molar refractivity (Wildman–Crippen MR) is 75.6 cm³/mol. The van der Waals surface area contributed by atoms with Crippen molar-refractivity contribution in [2.45, 2.75) is 19.4 Å². The van der Waals surface area contributed by atoms with Gasteiger partial charge in [0.15, 0.2) is 11.5 Å². The van der Waals surface area contributed by atoms with Crippen molar-refractivity contribution in [1.82, 2.24) is 0 Å². The molecule has 0 aliphatic carbocycles. The summed E-state index contributed by atoms with van der Waals surface area (Å²) in [6.07, 6.45) is 0.777. The van der Waals surface area contributed by atoms with Crippen LogP contribution in [0.4, 0.5) is 0 Å². The van der Waals surface area contributed by atoms with Gasteiger partial charge < -0.3 is 15.2 Å². The van der Waals surface area contributed by atoms with Crippen LogP contribution >= 0.6 is 23.2 Å². The summed E-state index contributed by atoms with van der Waals surface area (Å²) in [4.78, 5) is 0. The fourth-order valence-corrected chi connectivity index (χ4v) is 1.63. The van der Waals surface area contributed by atoms with Crippen LogP contribution in [0, 0.1) is 0 Å². The first-order valence-corrected chi connectivity index (χ1v) is 6.38. The van der Waals surface area contributed by atoms with Crippen LogP contribution in [0.5, 0.6) is 11.5 Å². The summed E-state index contributed by atoms with van der Waals surface area (Å²) in [7, 11) is 1.59. The summed E-state index contributed by atoms with van der Waals surface area (Å²) in [5, 5.41) is 0.427. The molecule has 1 rings (SSSR count). The molecular weight excluding hydrogens is 273 g/mol. The lowest BCUT2D eigenvalue weighted by molar-refractivity contribution is 0.323. The molecule has 18 heavy (non-hydrogen) atoms. The largest absolute Gasteiger partial charge is 0.493 e. The van der Waals surface area contributed by atoms with E-state index in [2.05, 4.69) is 0 Å². The first-order chi connectivity index (χ1) is 8.56. The summed E-state index contributed by atoms with van der Waals surface area (Å²) in [5.41, 5.74) is 8.14. The maximum absolute atomic E-state index is 5.78. The van der Waals surface area contributed by atoms with Gasteiger partial charge in [-0.1, -0.05) is 29.3 Å². The molecule has 100 valence electrons. The highest BCUT2D eigenvalue weighted by Gasteiger charge is 2.07. The molecule has 1 aromatic carbocycles. The third-order valence-corrected chi connectivity index (χ3v) is 2.86. The van der Waals surface area contributed by atoms with Gasteiger partial charge in [0.05, 0.1) is 12.1 Å². The smallest absolute Gasteiger partial charge is 0.161 e. The lowest BCUT2D eigenvalue weighted by Gasteiger charge is -2.13. The number of nitrogens with two attached hydrogens (primary N) is 1. The predicted octanol–water partition coefficient (Wildman–Crippen LogP) is 3.28. The standard InChI is InChI=1S/C13H17Cl2NO2/c1-9(16)5-10-3-4-12(17-2)13(6-10)18-8-11(15)7-14/h3-4,6-7,9H,5,8,16H2,1-2H3. The molecule has 2 N–H and O–H groups in total. The zero-order valence-electron chi connectivity index (χ0n) is 10.5. The van der Waals surface area contributed by atoms with Crippen molar-refractivity contribution in [2.24, 2.45) is 5.73 Å². The van der Waals surface area contributed by atoms with Gasteiger partial charge in [0, 0.05) is 11.6 Å². The molecule has 0 saturated heterocycles. The maximum atomic E-state index is 5.78. The quantitative estimate of drug-likeness (QED) is 0.874. The van der Waals surface area contributed by atoms with Crippen LogP contribution in [0.15, 0.2) is 28.8 Å². The molecule has 3 nitrogen and oxygen atoms in total. The van der Waals surface area contributed by atoms with Crippen molar-refractivity contribution in [2.75, 3.05) is 13.7 Å². The Hall–Kier alpha value is -0.900. The minimum atomic E-state index is 0.0950. The fourth-order valence-electron chi connectivity index (χ4n) is 1.51. The minimum absolute atomic E-state index is 0.0950. The van der Waals surface area contributed by atoms with E-state index in [1.165, 1.54) is 5.54 Å². The molecule has 0 saturated carbocycles. The molecule has 1 unspecified atom stereocenters. The number of hydrogen-bond acceptors (Lipinski definition) is 3. The molecule has 1 atom stereocenters. The average Bonchev–Trinajstić information content (AvgIpc) is 2.35. The molecule has 0 amide bonds. The van der Waals surface area contributed by atoms with Gasteiger partial charge >= 0.3 is 0 Å². The Morgan fingerprint density at radius 1 is 1.44 bits per heavy atom. The number of benzene rings is 1. The van der Waals surface area contributed by atoms with Crippen LogP contribution in [0.1, 0.15) is 12.5 Å². The highest BCUT2D eigenvalue weighted by molar-refractivity contribution is 6.36. The van der Waals surface area contributed by atoms with Crippen LogP contribution in [0.2, 0.25) is 0 Å². The molecule has 1 aromatic rings. The fraction of sp³-hybridized carbons (Fsp3) is 0.385. The molecule has 0 spiro atoms. The van der Waals surface area contributed by atoms with Crippen molar-refractivity contribution in [3.8, 4) is 11.5 Å². The van der Waals surface area contributed by atoms with Gasteiger partial charge in [-0.25, -0.2) is 0 Å². The Kier molecular flexibility index (Phi) is 6.33. The van der Waals surface area contributed by atoms with E-state index in [9.17, 15) is 0 Å². The van der Waals surface area contributed by atoms with Gasteiger partial charge in [0.2, 0.25) is 0 Å². The first kappa shape index (κ1) is 15.2. The minimum Gasteiger partial charge on any atom is -0.493 e. The van der Waals surface area contributed by atoms with Crippen LogP contribution < -0.4 is 15.2 Å². The van der Waals surface area contributed by atoms with E-state index < -0.39 is 0 Å². The molecule has 0 bridgehead atoms. The highest BCUT2D eigenvalue weighted by atomic mass is 35.5. The zero-order chi connectivity index (χ0) is 13.5. The van der Waals surface area contributed by atoms with E-state index in [0.717, 1.165) is 12.0 Å². The van der Waals surface area contributed by atoms with Crippen molar-refractivity contribution < 1.29 is 9.47 Å². The lowest BCUT2D eigenvalue weighted by atomic mass is 10.1. The summed E-state index contributed by atoms with van der Waals surface area (Å²) in [5.74, 6) is 1.29. The SMILES string of the molecule is COc1ccc(CC(C)N)cc1OCC(Cl)=CCl. The molecule has 0 aromatic heterocycles. The molecule has 0 heterocycles. The zero-order valence-corrected chi connectivity index (χ0v) is 12.0. The van der Waals surface area contributed by atoms with Gasteiger partial charge in [-0.3, -0.25) is 0 Å². The Bertz CT molecular complexity index is 419. The van der Waals surface area contributed by atoms with E-state index in [1.807, 2.05) is 25.1 Å². The summed E-state index contributed by atoms with van der Waals surface area (Å²) in [6, 6.07) is 5.82. The monoisotopic (exact) mass is 289 g/mol. The molecule has 0 radical (unpaired) electrons. The third-order valence-electron chi connectivity index (χ3n) is 2.27. The molecule has 0 aliphatic rings. The van der Waals surface area contributed by atoms with E-state index in [-0.39, 0.29) is 12.6 Å². The van der Waals surface area contributed by atoms with Crippen molar-refractivity contribution >= 4 is 23.2 Å². The van der Waals surface area contributed by atoms with E-state index in [4.69, 9.17) is 38.4 Å². The van der Waals surface area contributed by atoms with Gasteiger partial charge in [0.25, 0.3) is 0 Å². The summed E-state index contributed by atoms with van der Waals surface area (Å²) >= 11 is 11.2. The van der Waals surface area contributed by atoms with Crippen LogP contribution in [-0.2, 0) is 6.42 Å². The maximum Gasteiger partial charge on any atom is 0.161 e. The number of rotatable bonds is 6. The second-order valence-electron chi connectivity index (χ2n) is 4.01. The lowest BCUT2D eigenvalue weighted by Crippen LogP contribution is -2.17. The van der Waals surface area contributed by atoms with Gasteiger partial charge in [0.1, 0.15) is 6.61 Å². The van der Waals surface area contributed by atoms with E-state index >= 15 is 0 Å². The number of methoxy groups -OCH3 is 1. The van der Waals surface area contributed by atoms with Crippen molar-refractivity contribution in [1.29, 1.82) is 0 Å². The highest BCUT2D eigenvalue weighted by Crippen LogP contribution is 2.29. The Balaban J connectivity index is 2.84. The van der Waals surface area contributed by atoms with Gasteiger partial charge in [-0.05, 0) is 31.0 Å². The van der Waals surface area contributed by atoms with Crippen molar-refractivity contribution in [3.63, 3.8) is 0 Å². The molecular formula is C13H17Cl2NO2. The Morgan fingerprint density at radius 3 is 2.72 bits per heavy atom. The van der Waals surface area contributed by atoms with Crippen molar-refractivity contribution in [3.05, 3.63) is 34.3 Å². The Morgan fingerprint density at radius 2 is 2.17 bits per heavy atom. The van der Waals surface area contributed by atoms with Crippen LogP contribution in [0.25, 0.3) is 0 Å². The molecule has 0 fully saturated rings.